The number of nitrogens with one attached hydrogen (secondary N) is 2. The van der Waals surface area contributed by atoms with Crippen LogP contribution in [0.2, 0.25) is 0 Å². The zero-order valence-electron chi connectivity index (χ0n) is 16.2. The lowest BCUT2D eigenvalue weighted by molar-refractivity contribution is -0.130. The summed E-state index contributed by atoms with van der Waals surface area (Å²) < 4.78 is 0. The Kier molecular flexibility index (Phi) is 18.2. The van der Waals surface area contributed by atoms with E-state index < -0.39 is 0 Å². The first-order valence-corrected chi connectivity index (χ1v) is 9.36. The first-order valence-electron chi connectivity index (χ1n) is 9.36. The van der Waals surface area contributed by atoms with E-state index in [0.29, 0.717) is 45.4 Å². The zero-order chi connectivity index (χ0) is 18.8. The summed E-state index contributed by atoms with van der Waals surface area (Å²) in [6.45, 7) is 12.1. The molecular weight excluding hydrogens is 306 g/mol. The average Bonchev–Trinajstić information content (AvgIpc) is 2.61. The number of amides is 3. The van der Waals surface area contributed by atoms with Crippen LogP contribution < -0.4 is 10.6 Å². The maximum atomic E-state index is 11.9. The molecule has 6 nitrogen and oxygen atoms in total. The molecule has 6 heteroatoms. The van der Waals surface area contributed by atoms with Crippen LogP contribution in [0.15, 0.2) is 0 Å². The fourth-order valence-corrected chi connectivity index (χ4v) is 2.02. The number of rotatable bonds is 12. The number of hydrogen-bond acceptors (Lipinski definition) is 3. The minimum absolute atomic E-state index is 0.0343. The number of hydrogen-bond donors (Lipinski definition) is 2. The molecule has 0 saturated heterocycles. The first kappa shape index (κ1) is 24.7. The van der Waals surface area contributed by atoms with Crippen molar-refractivity contribution in [2.45, 2.75) is 73.1 Å². The van der Waals surface area contributed by atoms with E-state index in [4.69, 9.17) is 0 Å². The van der Waals surface area contributed by atoms with Crippen LogP contribution in [0.4, 0.5) is 0 Å². The number of carbonyl (C=O) groups excluding carboxylic acids is 3. The van der Waals surface area contributed by atoms with Crippen LogP contribution in [-0.4, -0.2) is 48.8 Å². The van der Waals surface area contributed by atoms with E-state index in [1.54, 1.807) is 0 Å². The summed E-state index contributed by atoms with van der Waals surface area (Å²) in [4.78, 5) is 36.2. The normalized spacial score (nSPS) is 9.54. The molecule has 24 heavy (non-hydrogen) atoms. The van der Waals surface area contributed by atoms with Gasteiger partial charge in [0.05, 0.1) is 0 Å². The molecule has 0 unspecified atom stereocenters. The third-order valence-corrected chi connectivity index (χ3v) is 3.31. The van der Waals surface area contributed by atoms with Gasteiger partial charge >= 0.3 is 0 Å². The topological polar surface area (TPSA) is 78.5 Å². The molecule has 0 spiro atoms. The minimum atomic E-state index is 0.0343. The second-order valence-corrected chi connectivity index (χ2v) is 5.24. The summed E-state index contributed by atoms with van der Waals surface area (Å²) in [6, 6.07) is 0. The van der Waals surface area contributed by atoms with E-state index in [2.05, 4.69) is 10.6 Å². The van der Waals surface area contributed by atoms with Crippen molar-refractivity contribution in [2.75, 3.05) is 26.2 Å². The Bertz CT molecular complexity index is 346. The summed E-state index contributed by atoms with van der Waals surface area (Å²) in [5, 5.41) is 5.66. The summed E-state index contributed by atoms with van der Waals surface area (Å²) in [5.41, 5.74) is 0. The lowest BCUT2D eigenvalue weighted by Gasteiger charge is -2.22. The summed E-state index contributed by atoms with van der Waals surface area (Å²) >= 11 is 0. The highest BCUT2D eigenvalue weighted by molar-refractivity contribution is 5.76. The van der Waals surface area contributed by atoms with Crippen molar-refractivity contribution in [1.29, 1.82) is 0 Å². The van der Waals surface area contributed by atoms with Crippen molar-refractivity contribution >= 4 is 17.7 Å². The van der Waals surface area contributed by atoms with Crippen LogP contribution in [0.3, 0.4) is 0 Å². The van der Waals surface area contributed by atoms with Crippen LogP contribution >= 0.6 is 0 Å². The highest BCUT2D eigenvalue weighted by Gasteiger charge is 2.11. The third kappa shape index (κ3) is 14.0. The van der Waals surface area contributed by atoms with Gasteiger partial charge in [0.25, 0.3) is 0 Å². The van der Waals surface area contributed by atoms with E-state index in [9.17, 15) is 14.4 Å². The Hall–Kier alpha value is -1.59. The zero-order valence-corrected chi connectivity index (χ0v) is 16.2. The van der Waals surface area contributed by atoms with Crippen molar-refractivity contribution in [3.63, 3.8) is 0 Å². The molecule has 142 valence electrons. The molecule has 0 aromatic rings. The van der Waals surface area contributed by atoms with E-state index in [1.165, 1.54) is 0 Å². The molecule has 0 heterocycles. The van der Waals surface area contributed by atoms with Gasteiger partial charge in [0.2, 0.25) is 17.7 Å². The van der Waals surface area contributed by atoms with Gasteiger partial charge in [-0.2, -0.15) is 0 Å². The highest BCUT2D eigenvalue weighted by Crippen LogP contribution is 1.98. The van der Waals surface area contributed by atoms with Crippen LogP contribution in [-0.2, 0) is 14.4 Å². The largest absolute Gasteiger partial charge is 0.356 e. The van der Waals surface area contributed by atoms with Crippen molar-refractivity contribution in [2.24, 2.45) is 0 Å². The summed E-state index contributed by atoms with van der Waals surface area (Å²) in [7, 11) is 0. The van der Waals surface area contributed by atoms with Crippen molar-refractivity contribution < 1.29 is 14.4 Å². The van der Waals surface area contributed by atoms with Gasteiger partial charge in [0, 0.05) is 45.4 Å². The van der Waals surface area contributed by atoms with Crippen LogP contribution in [0.25, 0.3) is 0 Å². The fraction of sp³-hybridized carbons (Fsp3) is 0.833. The highest BCUT2D eigenvalue weighted by atomic mass is 16.2. The molecule has 3 amide bonds. The number of nitrogens with zero attached hydrogens (tertiary/aromatic N) is 1. The van der Waals surface area contributed by atoms with Gasteiger partial charge in [-0.15, -0.1) is 0 Å². The van der Waals surface area contributed by atoms with E-state index in [1.807, 2.05) is 39.5 Å². The molecule has 0 atom stereocenters. The maximum Gasteiger partial charge on any atom is 0.222 e. The molecule has 0 aliphatic rings. The van der Waals surface area contributed by atoms with Crippen molar-refractivity contribution in [3.8, 4) is 0 Å². The van der Waals surface area contributed by atoms with Crippen molar-refractivity contribution in [1.82, 2.24) is 15.5 Å². The summed E-state index contributed by atoms with van der Waals surface area (Å²) in [6.07, 6.45) is 3.85. The number of carbonyl (C=O) groups is 3. The lowest BCUT2D eigenvalue weighted by Crippen LogP contribution is -2.36. The monoisotopic (exact) mass is 343 g/mol. The third-order valence-electron chi connectivity index (χ3n) is 3.31. The van der Waals surface area contributed by atoms with Gasteiger partial charge in [-0.25, -0.2) is 0 Å². The Morgan fingerprint density at radius 2 is 1.29 bits per heavy atom. The fourth-order valence-electron chi connectivity index (χ4n) is 2.02. The second-order valence-electron chi connectivity index (χ2n) is 5.24. The molecule has 0 aliphatic carbocycles. The van der Waals surface area contributed by atoms with E-state index in [-0.39, 0.29) is 17.7 Å². The van der Waals surface area contributed by atoms with Gasteiger partial charge in [-0.05, 0) is 19.3 Å². The molecule has 2 N–H and O–H groups in total. The molecule has 0 aromatic carbocycles. The first-order chi connectivity index (χ1) is 11.5. The second kappa shape index (κ2) is 17.8. The molecule has 0 rings (SSSR count). The smallest absolute Gasteiger partial charge is 0.222 e. The molecule has 0 bridgehead atoms. The average molecular weight is 344 g/mol. The molecule has 0 fully saturated rings. The Labute approximate surface area is 147 Å². The van der Waals surface area contributed by atoms with Crippen LogP contribution in [0, 0.1) is 0 Å². The summed E-state index contributed by atoms with van der Waals surface area (Å²) in [5.74, 6) is 0.215. The Morgan fingerprint density at radius 1 is 0.792 bits per heavy atom. The van der Waals surface area contributed by atoms with Crippen LogP contribution in [0.5, 0.6) is 0 Å². The van der Waals surface area contributed by atoms with E-state index in [0.717, 1.165) is 19.3 Å². The standard InChI is InChI=1S/C16H31N3O3.C2H6/c1-4-9-15(21)18-11-8-13-19(16(22)6-3)12-7-10-17-14(20)5-2;1-2/h4-13H2,1-3H3,(H,17,20)(H,18,21);1-2H3. The molecule has 0 aliphatic heterocycles. The SMILES string of the molecule is CC.CCCC(=O)NCCCN(CCCNC(=O)CC)C(=O)CC. The van der Waals surface area contributed by atoms with Crippen molar-refractivity contribution in [3.05, 3.63) is 0 Å². The van der Waals surface area contributed by atoms with Gasteiger partial charge in [0.1, 0.15) is 0 Å². The molecule has 0 saturated carbocycles. The Morgan fingerprint density at radius 3 is 1.71 bits per heavy atom. The van der Waals surface area contributed by atoms with Gasteiger partial charge in [-0.1, -0.05) is 34.6 Å². The molecule has 0 radical (unpaired) electrons. The molecular formula is C18H37N3O3. The maximum absolute atomic E-state index is 11.9. The predicted molar refractivity (Wildman–Crippen MR) is 98.7 cm³/mol. The van der Waals surface area contributed by atoms with Gasteiger partial charge in [-0.3, -0.25) is 14.4 Å². The quantitative estimate of drug-likeness (QED) is 0.534. The Balaban J connectivity index is 0. The van der Waals surface area contributed by atoms with Crippen LogP contribution in [0.1, 0.15) is 73.1 Å². The minimum Gasteiger partial charge on any atom is -0.356 e. The van der Waals surface area contributed by atoms with Gasteiger partial charge in [0.15, 0.2) is 0 Å². The molecule has 0 aromatic heterocycles. The lowest BCUT2D eigenvalue weighted by atomic mass is 10.2. The predicted octanol–water partition coefficient (Wildman–Crippen LogP) is 2.47. The van der Waals surface area contributed by atoms with Gasteiger partial charge < -0.3 is 15.5 Å². The van der Waals surface area contributed by atoms with E-state index >= 15 is 0 Å².